The fourth-order valence-electron chi connectivity index (χ4n) is 4.46. The molecule has 3 aromatic heterocycles. The van der Waals surface area contributed by atoms with Gasteiger partial charge in [-0.1, -0.05) is 17.3 Å². The number of nitrogens with one attached hydrogen (secondary N) is 1. The van der Waals surface area contributed by atoms with Crippen LogP contribution < -0.4 is 10.1 Å². The smallest absolute Gasteiger partial charge is 0.259 e. The molecule has 0 bridgehead atoms. The lowest BCUT2D eigenvalue weighted by atomic mass is 10.1. The number of aryl methyl sites for hydroxylation is 1. The normalized spacial score (nSPS) is 14.4. The van der Waals surface area contributed by atoms with Crippen molar-refractivity contribution >= 4 is 17.0 Å². The topological polar surface area (TPSA) is 103 Å². The lowest BCUT2D eigenvalue weighted by Gasteiger charge is -2.31. The zero-order valence-electron chi connectivity index (χ0n) is 20.5. The molecule has 4 heterocycles. The monoisotopic (exact) mass is 490 g/mol. The summed E-state index contributed by atoms with van der Waals surface area (Å²) in [4.78, 5) is 20.0. The van der Waals surface area contributed by atoms with Crippen LogP contribution in [0.3, 0.4) is 0 Å². The van der Waals surface area contributed by atoms with Gasteiger partial charge in [-0.05, 0) is 62.7 Å². The predicted molar refractivity (Wildman–Crippen MR) is 134 cm³/mol. The van der Waals surface area contributed by atoms with Crippen LogP contribution in [0.15, 0.2) is 57.7 Å². The van der Waals surface area contributed by atoms with Crippen LogP contribution in [0.2, 0.25) is 0 Å². The largest absolute Gasteiger partial charge is 0.492 e. The SMILES string of the molecule is Cc1noc2nc(-c3ccco3)cc(C(=O)NCc3cccc(OCCN(C)C4CCOCC4)c3)c12. The van der Waals surface area contributed by atoms with Gasteiger partial charge in [0.1, 0.15) is 18.1 Å². The molecule has 0 unspecified atom stereocenters. The number of aromatic nitrogens is 2. The summed E-state index contributed by atoms with van der Waals surface area (Å²) in [7, 11) is 2.13. The Morgan fingerprint density at radius 1 is 1.19 bits per heavy atom. The molecule has 0 aliphatic carbocycles. The third-order valence-corrected chi connectivity index (χ3v) is 6.51. The lowest BCUT2D eigenvalue weighted by molar-refractivity contribution is 0.0392. The van der Waals surface area contributed by atoms with Crippen LogP contribution in [-0.2, 0) is 11.3 Å². The number of benzene rings is 1. The maximum Gasteiger partial charge on any atom is 0.259 e. The molecule has 0 spiro atoms. The van der Waals surface area contributed by atoms with Gasteiger partial charge in [0.2, 0.25) is 0 Å². The van der Waals surface area contributed by atoms with Gasteiger partial charge in [-0.15, -0.1) is 0 Å². The van der Waals surface area contributed by atoms with Gasteiger partial charge in [-0.2, -0.15) is 0 Å². The standard InChI is InChI=1S/C27H30N4O5/c1-18-25-22(16-23(24-7-4-11-35-24)29-27(25)36-30-18)26(32)28-17-19-5-3-6-21(15-19)34-14-10-31(2)20-8-12-33-13-9-20/h3-7,11,15-16,20H,8-10,12-14,17H2,1-2H3,(H,28,32). The molecule has 36 heavy (non-hydrogen) atoms. The van der Waals surface area contributed by atoms with E-state index < -0.39 is 0 Å². The molecular formula is C27H30N4O5. The maximum atomic E-state index is 13.2. The van der Waals surface area contributed by atoms with Crippen molar-refractivity contribution in [1.29, 1.82) is 0 Å². The third-order valence-electron chi connectivity index (χ3n) is 6.51. The minimum atomic E-state index is -0.245. The third kappa shape index (κ3) is 5.42. The molecule has 1 N–H and O–H groups in total. The summed E-state index contributed by atoms with van der Waals surface area (Å²) in [6.07, 6.45) is 3.68. The van der Waals surface area contributed by atoms with Crippen LogP contribution in [0, 0.1) is 6.92 Å². The van der Waals surface area contributed by atoms with Crippen molar-refractivity contribution in [2.75, 3.05) is 33.4 Å². The highest BCUT2D eigenvalue weighted by atomic mass is 16.5. The first-order valence-corrected chi connectivity index (χ1v) is 12.2. The average molecular weight is 491 g/mol. The quantitative estimate of drug-likeness (QED) is 0.372. The predicted octanol–water partition coefficient (Wildman–Crippen LogP) is 4.21. The summed E-state index contributed by atoms with van der Waals surface area (Å²) < 4.78 is 22.2. The first kappa shape index (κ1) is 24.0. The average Bonchev–Trinajstić information content (AvgIpc) is 3.58. The lowest BCUT2D eigenvalue weighted by Crippen LogP contribution is -2.38. The van der Waals surface area contributed by atoms with Gasteiger partial charge >= 0.3 is 0 Å². The van der Waals surface area contributed by atoms with Crippen molar-refractivity contribution in [3.63, 3.8) is 0 Å². The molecule has 1 saturated heterocycles. The highest BCUT2D eigenvalue weighted by Crippen LogP contribution is 2.27. The summed E-state index contributed by atoms with van der Waals surface area (Å²) in [5, 5.41) is 7.58. The van der Waals surface area contributed by atoms with Gasteiger partial charge in [-0.3, -0.25) is 9.69 Å². The number of fused-ring (bicyclic) bond motifs is 1. The van der Waals surface area contributed by atoms with E-state index >= 15 is 0 Å². The first-order chi connectivity index (χ1) is 17.6. The maximum absolute atomic E-state index is 13.2. The molecule has 1 amide bonds. The molecule has 5 rings (SSSR count). The molecule has 1 fully saturated rings. The Morgan fingerprint density at radius 2 is 2.06 bits per heavy atom. The Labute approximate surface area is 209 Å². The summed E-state index contributed by atoms with van der Waals surface area (Å²) in [5.41, 5.74) is 2.79. The zero-order chi connectivity index (χ0) is 24.9. The van der Waals surface area contributed by atoms with E-state index in [4.69, 9.17) is 18.4 Å². The number of ether oxygens (including phenoxy) is 2. The van der Waals surface area contributed by atoms with Crippen LogP contribution in [0.4, 0.5) is 0 Å². The number of likely N-dealkylation sites (N-methyl/N-ethyl adjacent to an activating group) is 1. The first-order valence-electron chi connectivity index (χ1n) is 12.2. The van der Waals surface area contributed by atoms with Crippen molar-refractivity contribution in [2.45, 2.75) is 32.4 Å². The molecular weight excluding hydrogens is 460 g/mol. The van der Waals surface area contributed by atoms with E-state index in [0.717, 1.165) is 43.9 Å². The van der Waals surface area contributed by atoms with Crippen LogP contribution in [0.1, 0.15) is 34.5 Å². The fraction of sp³-hybridized carbons (Fsp3) is 0.370. The van der Waals surface area contributed by atoms with Crippen molar-refractivity contribution in [3.05, 3.63) is 65.5 Å². The molecule has 1 aliphatic heterocycles. The Hall–Kier alpha value is -3.69. The number of furan rings is 1. The molecule has 1 aromatic carbocycles. The number of hydrogen-bond acceptors (Lipinski definition) is 8. The van der Waals surface area contributed by atoms with Gasteiger partial charge < -0.3 is 23.7 Å². The highest BCUT2D eigenvalue weighted by molar-refractivity contribution is 6.06. The Bertz CT molecular complexity index is 1310. The van der Waals surface area contributed by atoms with E-state index in [1.54, 1.807) is 31.4 Å². The van der Waals surface area contributed by atoms with Gasteiger partial charge in [0.15, 0.2) is 5.76 Å². The molecule has 4 aromatic rings. The van der Waals surface area contributed by atoms with E-state index in [-0.39, 0.29) is 5.91 Å². The van der Waals surface area contributed by atoms with E-state index in [2.05, 4.69) is 27.4 Å². The van der Waals surface area contributed by atoms with Crippen LogP contribution in [0.5, 0.6) is 5.75 Å². The van der Waals surface area contributed by atoms with Crippen molar-refractivity contribution < 1.29 is 23.2 Å². The molecule has 9 heteroatoms. The second-order valence-corrected chi connectivity index (χ2v) is 8.98. The Morgan fingerprint density at radius 3 is 2.86 bits per heavy atom. The number of amides is 1. The van der Waals surface area contributed by atoms with E-state index in [9.17, 15) is 4.79 Å². The second kappa shape index (κ2) is 10.9. The van der Waals surface area contributed by atoms with Gasteiger partial charge in [-0.25, -0.2) is 4.98 Å². The summed E-state index contributed by atoms with van der Waals surface area (Å²) >= 11 is 0. The number of carbonyl (C=O) groups excluding carboxylic acids is 1. The summed E-state index contributed by atoms with van der Waals surface area (Å²) in [5.74, 6) is 1.08. The molecule has 0 saturated carbocycles. The van der Waals surface area contributed by atoms with E-state index in [1.807, 2.05) is 24.3 Å². The van der Waals surface area contributed by atoms with Crippen molar-refractivity contribution in [3.8, 4) is 17.2 Å². The highest BCUT2D eigenvalue weighted by Gasteiger charge is 2.20. The minimum Gasteiger partial charge on any atom is -0.492 e. The second-order valence-electron chi connectivity index (χ2n) is 8.98. The van der Waals surface area contributed by atoms with Crippen LogP contribution in [-0.4, -0.2) is 60.4 Å². The van der Waals surface area contributed by atoms with E-state index in [1.165, 1.54) is 0 Å². The Kier molecular flexibility index (Phi) is 7.29. The number of rotatable bonds is 9. The van der Waals surface area contributed by atoms with Crippen LogP contribution >= 0.6 is 0 Å². The van der Waals surface area contributed by atoms with Crippen LogP contribution in [0.25, 0.3) is 22.6 Å². The van der Waals surface area contributed by atoms with Gasteiger partial charge in [0, 0.05) is 32.3 Å². The van der Waals surface area contributed by atoms with E-state index in [0.29, 0.717) is 53.0 Å². The molecule has 1 aliphatic rings. The zero-order valence-corrected chi connectivity index (χ0v) is 20.5. The number of pyridine rings is 1. The molecule has 0 radical (unpaired) electrons. The molecule has 188 valence electrons. The minimum absolute atomic E-state index is 0.245. The fourth-order valence-corrected chi connectivity index (χ4v) is 4.46. The molecule has 9 nitrogen and oxygen atoms in total. The summed E-state index contributed by atoms with van der Waals surface area (Å²) in [6, 6.07) is 13.6. The van der Waals surface area contributed by atoms with Gasteiger partial charge in [0.05, 0.1) is 22.9 Å². The van der Waals surface area contributed by atoms with Crippen molar-refractivity contribution in [2.24, 2.45) is 0 Å². The summed E-state index contributed by atoms with van der Waals surface area (Å²) in [6.45, 7) is 5.24. The van der Waals surface area contributed by atoms with Crippen molar-refractivity contribution in [1.82, 2.24) is 20.4 Å². The number of nitrogens with zero attached hydrogens (tertiary/aromatic N) is 3. The Balaban J connectivity index is 1.22. The number of hydrogen-bond donors (Lipinski definition) is 1. The number of carbonyl (C=O) groups is 1. The van der Waals surface area contributed by atoms with Gasteiger partial charge in [0.25, 0.3) is 11.6 Å². The molecule has 0 atom stereocenters.